The molecule has 2 atom stereocenters. The van der Waals surface area contributed by atoms with Crippen molar-refractivity contribution in [2.75, 3.05) is 54.1 Å². The first-order valence-corrected chi connectivity index (χ1v) is 16.6. The van der Waals surface area contributed by atoms with Gasteiger partial charge in [0.05, 0.1) is 26.7 Å². The van der Waals surface area contributed by atoms with Crippen molar-refractivity contribution in [2.24, 2.45) is 0 Å². The third-order valence-corrected chi connectivity index (χ3v) is 9.77. The summed E-state index contributed by atoms with van der Waals surface area (Å²) in [6, 6.07) is 18.6. The molecule has 0 bridgehead atoms. The molecule has 0 saturated carbocycles. The van der Waals surface area contributed by atoms with Gasteiger partial charge in [0, 0.05) is 62.3 Å². The fraction of sp³-hybridized carbons (Fsp3) is 0.394. The van der Waals surface area contributed by atoms with E-state index in [1.165, 1.54) is 12.3 Å². The molecule has 2 saturated heterocycles. The molecule has 8 nitrogen and oxygen atoms in total. The molecule has 2 fully saturated rings. The Morgan fingerprint density at radius 2 is 1.70 bits per heavy atom. The van der Waals surface area contributed by atoms with E-state index in [0.717, 1.165) is 48.4 Å². The molecular formula is C33H39FN6O2S. The number of hydrogen-bond donors (Lipinski definition) is 2. The number of nitrogens with zero attached hydrogens (tertiary/aromatic N) is 4. The monoisotopic (exact) mass is 602 g/mol. The lowest BCUT2D eigenvalue weighted by Gasteiger charge is -2.42. The number of rotatable bonds is 6. The number of halogens is 1. The predicted molar refractivity (Wildman–Crippen MR) is 170 cm³/mol. The largest absolute Gasteiger partial charge is 0.382 e. The van der Waals surface area contributed by atoms with Crippen molar-refractivity contribution in [3.8, 4) is 6.07 Å². The molecule has 1 amide bonds. The van der Waals surface area contributed by atoms with Gasteiger partial charge in [0.2, 0.25) is 0 Å². The molecule has 2 N–H and O–H groups in total. The van der Waals surface area contributed by atoms with Crippen molar-refractivity contribution < 1.29 is 13.4 Å². The highest BCUT2D eigenvalue weighted by Gasteiger charge is 2.32. The summed E-state index contributed by atoms with van der Waals surface area (Å²) in [6.45, 7) is 8.99. The Hall–Kier alpha value is -4.10. The van der Waals surface area contributed by atoms with E-state index in [1.807, 2.05) is 54.0 Å². The number of benzene rings is 3. The maximum atomic E-state index is 14.6. The van der Waals surface area contributed by atoms with Crippen LogP contribution in [-0.2, 0) is 9.73 Å². The predicted octanol–water partition coefficient (Wildman–Crippen LogP) is 5.78. The van der Waals surface area contributed by atoms with Gasteiger partial charge >= 0.3 is 0 Å². The Morgan fingerprint density at radius 1 is 1.00 bits per heavy atom. The Labute approximate surface area is 254 Å². The Bertz CT molecular complexity index is 1680. The van der Waals surface area contributed by atoms with Gasteiger partial charge in [-0.1, -0.05) is 24.3 Å². The molecule has 3 aromatic rings. The molecule has 0 radical (unpaired) electrons. The van der Waals surface area contributed by atoms with E-state index in [1.54, 1.807) is 12.1 Å². The van der Waals surface area contributed by atoms with Crippen LogP contribution in [0.3, 0.4) is 0 Å². The molecule has 2 aliphatic heterocycles. The number of nitriles is 1. The number of anilines is 3. The molecule has 10 heteroatoms. The number of hydrogen-bond acceptors (Lipinski definition) is 7. The van der Waals surface area contributed by atoms with Crippen LogP contribution in [0, 0.1) is 35.8 Å². The number of piperidine rings is 1. The maximum absolute atomic E-state index is 14.6. The standard InChI is InChI=1S/C33H39FN6O2S/c1-22-18-23(2)29(37-26-12-14-38(15-13-26)30-10-6-5-8-25(30)20-35)19-27(22)33(41)40-17-16-39(21-24(40)3)31-11-7-9-28(34)32(31)43(4,36)42/h5-11,18-19,24,26,36-37H,12-17,21H2,1-4H3/t24-,43?/m0/s1. The van der Waals surface area contributed by atoms with Gasteiger partial charge in [0.1, 0.15) is 16.8 Å². The van der Waals surface area contributed by atoms with Crippen LogP contribution in [0.5, 0.6) is 0 Å². The highest BCUT2D eigenvalue weighted by Crippen LogP contribution is 2.32. The molecule has 2 aliphatic rings. The second-order valence-electron chi connectivity index (χ2n) is 11.7. The van der Waals surface area contributed by atoms with Crippen molar-refractivity contribution in [3.05, 3.63) is 82.7 Å². The number of aryl methyl sites for hydroxylation is 2. The van der Waals surface area contributed by atoms with Crippen molar-refractivity contribution in [1.82, 2.24) is 4.90 Å². The summed E-state index contributed by atoms with van der Waals surface area (Å²) in [6.07, 6.45) is 3.07. The highest BCUT2D eigenvalue weighted by molar-refractivity contribution is 7.91. The molecule has 3 aromatic carbocycles. The number of amides is 1. The van der Waals surface area contributed by atoms with Gasteiger partial charge in [0.25, 0.3) is 5.91 Å². The maximum Gasteiger partial charge on any atom is 0.254 e. The molecule has 43 heavy (non-hydrogen) atoms. The van der Waals surface area contributed by atoms with E-state index < -0.39 is 15.5 Å². The van der Waals surface area contributed by atoms with Crippen LogP contribution in [0.4, 0.5) is 21.5 Å². The smallest absolute Gasteiger partial charge is 0.254 e. The molecule has 0 aliphatic carbocycles. The van der Waals surface area contributed by atoms with Crippen LogP contribution in [-0.4, -0.2) is 66.1 Å². The van der Waals surface area contributed by atoms with Crippen LogP contribution in [0.1, 0.15) is 46.8 Å². The number of para-hydroxylation sites is 1. The Kier molecular flexibility index (Phi) is 8.65. The van der Waals surface area contributed by atoms with Gasteiger partial charge in [-0.05, 0) is 75.1 Å². The summed E-state index contributed by atoms with van der Waals surface area (Å²) < 4.78 is 35.2. The van der Waals surface area contributed by atoms with Gasteiger partial charge in [0.15, 0.2) is 0 Å². The van der Waals surface area contributed by atoms with Gasteiger partial charge < -0.3 is 20.0 Å². The molecule has 0 spiro atoms. The molecule has 0 aromatic heterocycles. The first-order valence-electron chi connectivity index (χ1n) is 14.7. The fourth-order valence-corrected chi connectivity index (χ4v) is 7.37. The lowest BCUT2D eigenvalue weighted by molar-refractivity contribution is 0.0673. The number of carbonyl (C=O) groups is 1. The Morgan fingerprint density at radius 3 is 2.37 bits per heavy atom. The third-order valence-electron chi connectivity index (χ3n) is 8.59. The van der Waals surface area contributed by atoms with Crippen molar-refractivity contribution in [2.45, 2.75) is 50.6 Å². The lowest BCUT2D eigenvalue weighted by atomic mass is 9.98. The Balaban J connectivity index is 1.28. The van der Waals surface area contributed by atoms with Gasteiger partial charge in [-0.15, -0.1) is 0 Å². The molecule has 2 heterocycles. The topological polar surface area (TPSA) is 104 Å². The summed E-state index contributed by atoms with van der Waals surface area (Å²) in [5.74, 6) is -0.686. The number of piperazine rings is 1. The van der Waals surface area contributed by atoms with Crippen LogP contribution >= 0.6 is 0 Å². The first kappa shape index (κ1) is 30.4. The lowest BCUT2D eigenvalue weighted by Crippen LogP contribution is -2.54. The second kappa shape index (κ2) is 12.3. The van der Waals surface area contributed by atoms with E-state index in [0.29, 0.717) is 36.4 Å². The van der Waals surface area contributed by atoms with Crippen LogP contribution < -0.4 is 15.1 Å². The third kappa shape index (κ3) is 6.32. The summed E-state index contributed by atoms with van der Waals surface area (Å²) >= 11 is 0. The van der Waals surface area contributed by atoms with E-state index in [9.17, 15) is 18.7 Å². The zero-order valence-electron chi connectivity index (χ0n) is 25.2. The minimum Gasteiger partial charge on any atom is -0.382 e. The van der Waals surface area contributed by atoms with E-state index in [4.69, 9.17) is 4.78 Å². The van der Waals surface area contributed by atoms with Gasteiger partial charge in [-0.3, -0.25) is 4.79 Å². The summed E-state index contributed by atoms with van der Waals surface area (Å²) in [4.78, 5) is 19.9. The number of carbonyl (C=O) groups excluding carboxylic acids is 1. The zero-order chi connectivity index (χ0) is 30.9. The molecule has 226 valence electrons. The van der Waals surface area contributed by atoms with Crippen molar-refractivity contribution in [3.63, 3.8) is 0 Å². The normalized spacial score (nSPS) is 19.1. The van der Waals surface area contributed by atoms with Crippen molar-refractivity contribution >= 4 is 32.7 Å². The van der Waals surface area contributed by atoms with Crippen LogP contribution in [0.25, 0.3) is 0 Å². The van der Waals surface area contributed by atoms with Crippen LogP contribution in [0.15, 0.2) is 59.5 Å². The van der Waals surface area contributed by atoms with Crippen LogP contribution in [0.2, 0.25) is 0 Å². The zero-order valence-corrected chi connectivity index (χ0v) is 26.0. The summed E-state index contributed by atoms with van der Waals surface area (Å²) in [5, 5.41) is 13.2. The minimum absolute atomic E-state index is 0.0464. The molecule has 1 unspecified atom stereocenters. The average molecular weight is 603 g/mol. The molecular weight excluding hydrogens is 563 g/mol. The quantitative estimate of drug-likeness (QED) is 0.371. The van der Waals surface area contributed by atoms with Gasteiger partial charge in [-0.2, -0.15) is 5.26 Å². The summed E-state index contributed by atoms with van der Waals surface area (Å²) in [5.41, 5.74) is 5.74. The van der Waals surface area contributed by atoms with Gasteiger partial charge in [-0.25, -0.2) is 13.4 Å². The average Bonchev–Trinajstić information content (AvgIpc) is 2.97. The second-order valence-corrected chi connectivity index (χ2v) is 13.8. The SMILES string of the molecule is Cc1cc(C)c(C(=O)N2CCN(c3cccc(F)c3S(C)(=N)=O)C[C@@H]2C)cc1NC1CCN(c2ccccc2C#N)CC1. The van der Waals surface area contributed by atoms with E-state index in [2.05, 4.69) is 29.3 Å². The van der Waals surface area contributed by atoms with E-state index in [-0.39, 0.29) is 22.9 Å². The number of nitrogens with one attached hydrogen (secondary N) is 2. The fourth-order valence-electron chi connectivity index (χ4n) is 6.33. The minimum atomic E-state index is -3.27. The van der Waals surface area contributed by atoms with E-state index >= 15 is 0 Å². The summed E-state index contributed by atoms with van der Waals surface area (Å²) in [7, 11) is -3.27. The first-order chi connectivity index (χ1) is 20.5. The molecule has 5 rings (SSSR count). The highest BCUT2D eigenvalue weighted by atomic mass is 32.2. The van der Waals surface area contributed by atoms with Crippen molar-refractivity contribution in [1.29, 1.82) is 10.0 Å².